The second-order valence-corrected chi connectivity index (χ2v) is 17.1. The Balaban J connectivity index is 1.29. The van der Waals surface area contributed by atoms with Crippen LogP contribution in [0, 0.1) is 11.3 Å². The molecule has 2 saturated heterocycles. The summed E-state index contributed by atoms with van der Waals surface area (Å²) in [5, 5.41) is 9.45. The van der Waals surface area contributed by atoms with Gasteiger partial charge in [-0.15, -0.1) is 0 Å². The molecule has 62 heavy (non-hydrogen) atoms. The Hall–Kier alpha value is -5.04. The van der Waals surface area contributed by atoms with Crippen LogP contribution in [0.3, 0.4) is 0 Å². The minimum atomic E-state index is -1.63. The van der Waals surface area contributed by atoms with Crippen LogP contribution in [0.15, 0.2) is 96.5 Å². The van der Waals surface area contributed by atoms with Gasteiger partial charge in [-0.25, -0.2) is 24.6 Å². The lowest BCUT2D eigenvalue weighted by molar-refractivity contribution is -0.0912. The van der Waals surface area contributed by atoms with Gasteiger partial charge in [0.2, 0.25) is 0 Å². The molecule has 2 fully saturated rings. The first kappa shape index (κ1) is 45.0. The fourth-order valence-corrected chi connectivity index (χ4v) is 9.83. The zero-order chi connectivity index (χ0) is 43.6. The van der Waals surface area contributed by atoms with Gasteiger partial charge in [0.05, 0.1) is 65.6 Å². The van der Waals surface area contributed by atoms with E-state index in [2.05, 4.69) is 65.4 Å². The molecule has 15 nitrogen and oxygen atoms in total. The van der Waals surface area contributed by atoms with Crippen molar-refractivity contribution in [3.63, 3.8) is 0 Å². The highest BCUT2D eigenvalue weighted by Crippen LogP contribution is 2.51. The van der Waals surface area contributed by atoms with Gasteiger partial charge in [-0.2, -0.15) is 5.26 Å². The summed E-state index contributed by atoms with van der Waals surface area (Å²) in [5.41, 5.74) is 2.78. The molecule has 2 aliphatic rings. The first-order chi connectivity index (χ1) is 30.2. The van der Waals surface area contributed by atoms with Gasteiger partial charge in [-0.1, -0.05) is 54.6 Å². The number of hydrogen-bond acceptors (Lipinski definition) is 13. The number of nitriles is 1. The number of benzene rings is 3. The third-order valence-corrected chi connectivity index (χ3v) is 13.2. The van der Waals surface area contributed by atoms with Gasteiger partial charge in [0.15, 0.2) is 17.0 Å². The summed E-state index contributed by atoms with van der Waals surface area (Å²) in [7, 11) is 1.68. The molecule has 0 N–H and O–H groups in total. The van der Waals surface area contributed by atoms with Gasteiger partial charge in [0, 0.05) is 31.6 Å². The number of ether oxygens (including phenoxy) is 5. The van der Waals surface area contributed by atoms with E-state index in [0.29, 0.717) is 36.6 Å². The predicted octanol–water partition coefficient (Wildman–Crippen LogP) is 8.18. The zero-order valence-corrected chi connectivity index (χ0v) is 37.5. The molecule has 0 spiro atoms. The van der Waals surface area contributed by atoms with Crippen LogP contribution >= 0.6 is 8.53 Å². The van der Waals surface area contributed by atoms with E-state index >= 15 is 0 Å². The molecule has 0 amide bonds. The number of morpholine rings is 1. The van der Waals surface area contributed by atoms with Crippen LogP contribution in [0.4, 0.5) is 5.82 Å². The quantitative estimate of drug-likeness (QED) is 0.0274. The van der Waals surface area contributed by atoms with Crippen molar-refractivity contribution in [2.24, 2.45) is 4.99 Å². The van der Waals surface area contributed by atoms with Crippen LogP contribution in [0.25, 0.3) is 11.2 Å². The van der Waals surface area contributed by atoms with Gasteiger partial charge < -0.3 is 37.6 Å². The molecule has 7 rings (SSSR count). The Labute approximate surface area is 365 Å². The maximum Gasteiger partial charge on any atom is 0.259 e. The van der Waals surface area contributed by atoms with Crippen LogP contribution in [-0.2, 0) is 28.9 Å². The maximum absolute atomic E-state index is 9.45. The van der Waals surface area contributed by atoms with Crippen molar-refractivity contribution in [3.05, 3.63) is 108 Å². The zero-order valence-electron chi connectivity index (χ0n) is 36.6. The van der Waals surface area contributed by atoms with E-state index < -0.39 is 32.6 Å². The number of amidine groups is 1. The van der Waals surface area contributed by atoms with Crippen LogP contribution < -0.4 is 9.47 Å². The lowest BCUT2D eigenvalue weighted by Crippen LogP contribution is -2.39. The average molecular weight is 865 g/mol. The van der Waals surface area contributed by atoms with E-state index in [1.165, 1.54) is 6.33 Å². The molecular weight excluding hydrogens is 808 g/mol. The van der Waals surface area contributed by atoms with Crippen LogP contribution in [0.5, 0.6) is 11.5 Å². The lowest BCUT2D eigenvalue weighted by atomic mass is 9.80. The molecule has 4 heterocycles. The Kier molecular flexibility index (Phi) is 15.2. The Bertz CT molecular complexity index is 2210. The molecule has 0 radical (unpaired) electrons. The second-order valence-electron chi connectivity index (χ2n) is 15.7. The molecule has 2 aliphatic heterocycles. The number of aliphatic imine (C=N–C) groups is 1. The number of methoxy groups -OCH3 is 2. The molecule has 5 aromatic rings. The summed E-state index contributed by atoms with van der Waals surface area (Å²) < 4.78 is 48.8. The topological polar surface area (TPSA) is 151 Å². The number of rotatable bonds is 18. The minimum absolute atomic E-state index is 0.0982. The number of imidazole rings is 1. The van der Waals surface area contributed by atoms with Gasteiger partial charge >= 0.3 is 0 Å². The summed E-state index contributed by atoms with van der Waals surface area (Å²) in [5.74, 6) is 2.78. The van der Waals surface area contributed by atoms with E-state index in [-0.39, 0.29) is 31.7 Å². The van der Waals surface area contributed by atoms with Gasteiger partial charge in [0.1, 0.15) is 41.6 Å². The van der Waals surface area contributed by atoms with Crippen molar-refractivity contribution in [1.29, 1.82) is 5.26 Å². The average Bonchev–Trinajstić information content (AvgIpc) is 3.92. The normalized spacial score (nSPS) is 19.1. The molecular formula is C46H57N8O7P. The van der Waals surface area contributed by atoms with Gasteiger partial charge in [0.25, 0.3) is 8.53 Å². The largest absolute Gasteiger partial charge is 0.497 e. The molecule has 16 heteroatoms. The van der Waals surface area contributed by atoms with Crippen molar-refractivity contribution < 1.29 is 32.7 Å². The van der Waals surface area contributed by atoms with E-state index in [1.54, 1.807) is 20.5 Å². The highest BCUT2D eigenvalue weighted by atomic mass is 31.2. The van der Waals surface area contributed by atoms with Crippen molar-refractivity contribution in [1.82, 2.24) is 29.1 Å². The van der Waals surface area contributed by atoms with Gasteiger partial charge in [-0.3, -0.25) is 4.57 Å². The smallest absolute Gasteiger partial charge is 0.259 e. The van der Waals surface area contributed by atoms with E-state index in [9.17, 15) is 5.26 Å². The van der Waals surface area contributed by atoms with Crippen molar-refractivity contribution in [2.75, 3.05) is 53.7 Å². The number of nitrogens with zero attached hydrogens (tertiary/aromatic N) is 8. The summed E-state index contributed by atoms with van der Waals surface area (Å²) in [4.78, 5) is 21.1. The molecule has 0 bridgehead atoms. The van der Waals surface area contributed by atoms with E-state index in [0.717, 1.165) is 47.1 Å². The van der Waals surface area contributed by atoms with Crippen molar-refractivity contribution in [2.45, 2.75) is 83.6 Å². The first-order valence-corrected chi connectivity index (χ1v) is 22.2. The number of fused-ring (bicyclic) bond motifs is 1. The fourth-order valence-electron chi connectivity index (χ4n) is 8.07. The number of aromatic nitrogens is 4. The summed E-state index contributed by atoms with van der Waals surface area (Å²) in [6.07, 6.45) is 2.28. The molecule has 4 atom stereocenters. The fraction of sp³-hybridized carbons (Fsp3) is 0.457. The Morgan fingerprint density at radius 1 is 0.903 bits per heavy atom. The Morgan fingerprint density at radius 2 is 1.53 bits per heavy atom. The SMILES string of the molecule is COc1ccc(C(OC[C@H]2O[C@@H](n3cnc4c(N=C(C)N5CCOCC5)ncnc43)CC2OP(OCCC#N)N(C(C)C)C(C)C)(c2ccccc2)c2ccc(OC)cc2)cc1. The molecule has 0 aliphatic carbocycles. The summed E-state index contributed by atoms with van der Waals surface area (Å²) >= 11 is 0. The third-order valence-electron chi connectivity index (χ3n) is 11.1. The number of hydrogen-bond donors (Lipinski definition) is 0. The lowest BCUT2D eigenvalue weighted by Gasteiger charge is -2.39. The predicted molar refractivity (Wildman–Crippen MR) is 237 cm³/mol. The monoisotopic (exact) mass is 864 g/mol. The van der Waals surface area contributed by atoms with Crippen molar-refractivity contribution >= 4 is 31.3 Å². The van der Waals surface area contributed by atoms with Gasteiger partial charge in [-0.05, 0) is 75.6 Å². The maximum atomic E-state index is 9.45. The second kappa shape index (κ2) is 20.9. The van der Waals surface area contributed by atoms with Crippen LogP contribution in [0.2, 0.25) is 0 Å². The molecule has 0 saturated carbocycles. The molecule has 3 aromatic carbocycles. The first-order valence-electron chi connectivity index (χ1n) is 21.1. The summed E-state index contributed by atoms with van der Waals surface area (Å²) in [6, 6.07) is 28.5. The molecule has 328 valence electrons. The van der Waals surface area contributed by atoms with Crippen LogP contribution in [-0.4, -0.2) is 113 Å². The molecule has 2 unspecified atom stereocenters. The summed E-state index contributed by atoms with van der Waals surface area (Å²) in [6.45, 7) is 13.6. The Morgan fingerprint density at radius 3 is 2.13 bits per heavy atom. The van der Waals surface area contributed by atoms with Crippen molar-refractivity contribution in [3.8, 4) is 17.6 Å². The van der Waals surface area contributed by atoms with E-state index in [4.69, 9.17) is 42.7 Å². The highest BCUT2D eigenvalue weighted by molar-refractivity contribution is 7.44. The van der Waals surface area contributed by atoms with Crippen LogP contribution in [0.1, 0.15) is 70.4 Å². The highest BCUT2D eigenvalue weighted by Gasteiger charge is 2.45. The standard InChI is InChI=1S/C46H57N8O7P/c1-32(2)54(33(3)4)62(59-25-11-22-47)61-40-28-42(53-31-50-43-44(48-30-49-45(43)53)51-34(5)52-23-26-57-27-24-52)60-41(40)29-58-46(35-12-9-8-10-13-35,36-14-18-38(55-6)19-15-36)37-16-20-39(56-7)21-17-37/h8-10,12-21,30-33,40-42H,11,23-29H2,1-7H3/t40?,41-,42-,62?/m1/s1. The van der Waals surface area contributed by atoms with E-state index in [1.807, 2.05) is 78.2 Å². The molecule has 2 aromatic heterocycles. The third kappa shape index (κ3) is 9.93. The minimum Gasteiger partial charge on any atom is -0.497 e.